The average Bonchev–Trinajstić information content (AvgIpc) is 3.17. The number of rotatable bonds is 7. The van der Waals surface area contributed by atoms with Crippen molar-refractivity contribution in [1.29, 1.82) is 0 Å². The van der Waals surface area contributed by atoms with Crippen LogP contribution in [0, 0.1) is 0 Å². The van der Waals surface area contributed by atoms with Gasteiger partial charge in [-0.1, -0.05) is 30.4 Å². The zero-order chi connectivity index (χ0) is 24.3. The van der Waals surface area contributed by atoms with Gasteiger partial charge in [0.15, 0.2) is 0 Å². The van der Waals surface area contributed by atoms with Crippen LogP contribution in [0.5, 0.6) is 5.75 Å². The van der Waals surface area contributed by atoms with Crippen LogP contribution in [0.1, 0.15) is 18.9 Å². The number of aromatic nitrogens is 1. The number of amides is 1. The minimum atomic E-state index is -3.72. The van der Waals surface area contributed by atoms with Crippen LogP contribution in [0.25, 0.3) is 16.3 Å². The Morgan fingerprint density at radius 2 is 1.79 bits per heavy atom. The predicted molar refractivity (Wildman–Crippen MR) is 134 cm³/mol. The first-order valence-corrected chi connectivity index (χ1v) is 13.3. The lowest BCUT2D eigenvalue weighted by molar-refractivity contribution is -0.127. The topological polar surface area (TPSA) is 88.9 Å². The van der Waals surface area contributed by atoms with Gasteiger partial charge in [0.05, 0.1) is 22.2 Å². The van der Waals surface area contributed by atoms with Crippen molar-refractivity contribution in [3.8, 4) is 5.75 Å². The number of piperazine rings is 1. The van der Waals surface area contributed by atoms with E-state index in [-0.39, 0.29) is 28.8 Å². The molecular formula is C24H27N3O5S2. The summed E-state index contributed by atoms with van der Waals surface area (Å²) in [5, 5.41) is 0. The maximum absolute atomic E-state index is 13.2. The summed E-state index contributed by atoms with van der Waals surface area (Å²) in [5.41, 5.74) is 1.63. The first-order chi connectivity index (χ1) is 16.3. The Balaban J connectivity index is 1.42. The summed E-state index contributed by atoms with van der Waals surface area (Å²) >= 11 is 1.06. The van der Waals surface area contributed by atoms with Gasteiger partial charge in [-0.05, 0) is 48.4 Å². The Hall–Kier alpha value is -2.95. The number of nitrogens with zero attached hydrogens (tertiary/aromatic N) is 3. The number of ether oxygens (including phenoxy) is 1. The van der Waals surface area contributed by atoms with Crippen LogP contribution in [-0.4, -0.2) is 61.4 Å². The van der Waals surface area contributed by atoms with Crippen LogP contribution in [0.3, 0.4) is 0 Å². The van der Waals surface area contributed by atoms with Crippen LogP contribution < -0.4 is 9.61 Å². The number of hydrogen-bond donors (Lipinski definition) is 0. The molecular weight excluding hydrogens is 474 g/mol. The lowest BCUT2D eigenvalue weighted by Gasteiger charge is -2.33. The van der Waals surface area contributed by atoms with Crippen molar-refractivity contribution in [2.24, 2.45) is 0 Å². The SMILES string of the molecule is CCCn1c(=O)sc2cc(S(=O)(=O)N3CCN(C(=O)C=Cc4ccc(OC)cc4)CC3)ccc21. The molecule has 1 aliphatic rings. The zero-order valence-corrected chi connectivity index (χ0v) is 20.8. The quantitative estimate of drug-likeness (QED) is 0.465. The molecule has 1 saturated heterocycles. The second kappa shape index (κ2) is 10.1. The fourth-order valence-electron chi connectivity index (χ4n) is 3.93. The van der Waals surface area contributed by atoms with E-state index in [4.69, 9.17) is 4.74 Å². The molecule has 8 nitrogen and oxygen atoms in total. The van der Waals surface area contributed by atoms with Gasteiger partial charge in [0.1, 0.15) is 5.75 Å². The zero-order valence-electron chi connectivity index (χ0n) is 19.1. The molecule has 0 atom stereocenters. The van der Waals surface area contributed by atoms with E-state index in [0.717, 1.165) is 34.6 Å². The molecule has 0 bridgehead atoms. The third kappa shape index (κ3) is 4.94. The number of hydrogen-bond acceptors (Lipinski definition) is 6. The van der Waals surface area contributed by atoms with Gasteiger partial charge >= 0.3 is 4.87 Å². The van der Waals surface area contributed by atoms with E-state index in [1.807, 2.05) is 31.2 Å². The highest BCUT2D eigenvalue weighted by molar-refractivity contribution is 7.89. The normalized spacial score (nSPS) is 15.3. The summed E-state index contributed by atoms with van der Waals surface area (Å²) in [7, 11) is -2.12. The maximum Gasteiger partial charge on any atom is 0.308 e. The number of aryl methyl sites for hydroxylation is 1. The van der Waals surface area contributed by atoms with E-state index < -0.39 is 10.0 Å². The number of sulfonamides is 1. The van der Waals surface area contributed by atoms with Crippen LogP contribution in [0.2, 0.25) is 0 Å². The maximum atomic E-state index is 13.2. The number of fused-ring (bicyclic) bond motifs is 1. The number of carbonyl (C=O) groups is 1. The molecule has 0 radical (unpaired) electrons. The number of methoxy groups -OCH3 is 1. The highest BCUT2D eigenvalue weighted by atomic mass is 32.2. The second-order valence-electron chi connectivity index (χ2n) is 7.99. The van der Waals surface area contributed by atoms with Gasteiger partial charge in [-0.25, -0.2) is 8.42 Å². The summed E-state index contributed by atoms with van der Waals surface area (Å²) < 4.78 is 35.3. The number of carbonyl (C=O) groups excluding carboxylic acids is 1. The van der Waals surface area contributed by atoms with Crippen molar-refractivity contribution in [2.45, 2.75) is 24.8 Å². The first kappa shape index (κ1) is 24.2. The number of benzene rings is 2. The lowest BCUT2D eigenvalue weighted by atomic mass is 10.2. The molecule has 2 heterocycles. The average molecular weight is 502 g/mol. The van der Waals surface area contributed by atoms with Crippen LogP contribution in [0.4, 0.5) is 0 Å². The molecule has 0 spiro atoms. The molecule has 34 heavy (non-hydrogen) atoms. The minimum absolute atomic E-state index is 0.0822. The van der Waals surface area contributed by atoms with Crippen molar-refractivity contribution >= 4 is 43.6 Å². The van der Waals surface area contributed by atoms with Gasteiger partial charge < -0.3 is 9.64 Å². The molecule has 0 saturated carbocycles. The molecule has 0 aliphatic carbocycles. The van der Waals surface area contributed by atoms with E-state index in [2.05, 4.69) is 0 Å². The third-order valence-electron chi connectivity index (χ3n) is 5.81. The largest absolute Gasteiger partial charge is 0.497 e. The fourth-order valence-corrected chi connectivity index (χ4v) is 6.41. The Morgan fingerprint density at radius 3 is 2.44 bits per heavy atom. The van der Waals surface area contributed by atoms with Crippen molar-refractivity contribution < 1.29 is 17.9 Å². The van der Waals surface area contributed by atoms with Crippen LogP contribution in [0.15, 0.2) is 58.2 Å². The highest BCUT2D eigenvalue weighted by Crippen LogP contribution is 2.25. The smallest absolute Gasteiger partial charge is 0.308 e. The van der Waals surface area contributed by atoms with Crippen molar-refractivity contribution in [3.63, 3.8) is 0 Å². The summed E-state index contributed by atoms with van der Waals surface area (Å²) in [6.07, 6.45) is 4.06. The predicted octanol–water partition coefficient (Wildman–Crippen LogP) is 3.03. The van der Waals surface area contributed by atoms with Gasteiger partial charge in [-0.3, -0.25) is 14.2 Å². The lowest BCUT2D eigenvalue weighted by Crippen LogP contribution is -2.50. The summed E-state index contributed by atoms with van der Waals surface area (Å²) in [4.78, 5) is 26.5. The number of thiazole rings is 1. The van der Waals surface area contributed by atoms with Gasteiger partial charge in [0, 0.05) is 38.8 Å². The Labute approximate surface area is 202 Å². The van der Waals surface area contributed by atoms with E-state index in [0.29, 0.717) is 24.3 Å². The minimum Gasteiger partial charge on any atom is -0.497 e. The van der Waals surface area contributed by atoms with Gasteiger partial charge in [0.2, 0.25) is 15.9 Å². The standard InChI is InChI=1S/C24H27N3O5S2/c1-3-12-27-21-10-9-20(17-22(21)33-24(27)29)34(30,31)26-15-13-25(14-16-26)23(28)11-6-18-4-7-19(32-2)8-5-18/h4-11,17H,3,12-16H2,1-2H3. The summed E-state index contributed by atoms with van der Waals surface area (Å²) in [6.45, 7) is 3.66. The van der Waals surface area contributed by atoms with Crippen molar-refractivity contribution in [1.82, 2.24) is 13.8 Å². The second-order valence-corrected chi connectivity index (χ2v) is 10.9. The van der Waals surface area contributed by atoms with E-state index in [1.165, 1.54) is 10.4 Å². The van der Waals surface area contributed by atoms with Gasteiger partial charge in [-0.2, -0.15) is 4.31 Å². The molecule has 0 unspecified atom stereocenters. The van der Waals surface area contributed by atoms with Crippen LogP contribution in [-0.2, 0) is 21.4 Å². The van der Waals surface area contributed by atoms with Crippen molar-refractivity contribution in [2.75, 3.05) is 33.3 Å². The molecule has 0 N–H and O–H groups in total. The highest BCUT2D eigenvalue weighted by Gasteiger charge is 2.30. The molecule has 10 heteroatoms. The fraction of sp³-hybridized carbons (Fsp3) is 0.333. The molecule has 1 fully saturated rings. The molecule has 1 aliphatic heterocycles. The molecule has 2 aromatic carbocycles. The molecule has 1 aromatic heterocycles. The van der Waals surface area contributed by atoms with Gasteiger partial charge in [-0.15, -0.1) is 0 Å². The Kier molecular flexibility index (Phi) is 7.20. The molecule has 3 aromatic rings. The van der Waals surface area contributed by atoms with E-state index in [1.54, 1.807) is 40.9 Å². The third-order valence-corrected chi connectivity index (χ3v) is 8.65. The van der Waals surface area contributed by atoms with Crippen LogP contribution >= 0.6 is 11.3 Å². The Morgan fingerprint density at radius 1 is 1.09 bits per heavy atom. The first-order valence-electron chi connectivity index (χ1n) is 11.1. The van der Waals surface area contributed by atoms with Gasteiger partial charge in [0.25, 0.3) is 0 Å². The Bertz CT molecular complexity index is 1370. The summed E-state index contributed by atoms with van der Waals surface area (Å²) in [6, 6.07) is 12.2. The summed E-state index contributed by atoms with van der Waals surface area (Å²) in [5.74, 6) is 0.587. The van der Waals surface area contributed by atoms with Crippen molar-refractivity contribution in [3.05, 3.63) is 63.8 Å². The van der Waals surface area contributed by atoms with E-state index in [9.17, 15) is 18.0 Å². The van der Waals surface area contributed by atoms with E-state index >= 15 is 0 Å². The molecule has 1 amide bonds. The monoisotopic (exact) mass is 501 g/mol. The molecule has 180 valence electrons. The molecule has 4 rings (SSSR count).